The van der Waals surface area contributed by atoms with Crippen LogP contribution in [0, 0.1) is 18.6 Å². The van der Waals surface area contributed by atoms with Crippen molar-refractivity contribution < 1.29 is 13.6 Å². The van der Waals surface area contributed by atoms with Crippen LogP contribution in [0.2, 0.25) is 0 Å². The fourth-order valence-electron chi connectivity index (χ4n) is 1.32. The molecule has 82 valence electrons. The number of carbonyl (C=O) groups excluding carboxylic acids is 1. The predicted molar refractivity (Wildman–Crippen MR) is 57.6 cm³/mol. The molecule has 0 amide bonds. The first-order valence-corrected chi connectivity index (χ1v) is 5.31. The minimum Gasteiger partial charge on any atom is -0.296 e. The minimum atomic E-state index is -0.657. The molecule has 2 nitrogen and oxygen atoms in total. The molecule has 0 aliphatic heterocycles. The standard InChI is InChI=1S/C11H7F2NOS/c1-6-10(5-15)14-11(16-6)7-2-8(12)4-9(13)3-7/h2-5H,1H3. The van der Waals surface area contributed by atoms with Gasteiger partial charge in [0.15, 0.2) is 6.29 Å². The van der Waals surface area contributed by atoms with Gasteiger partial charge in [-0.2, -0.15) is 0 Å². The van der Waals surface area contributed by atoms with Gasteiger partial charge < -0.3 is 0 Å². The van der Waals surface area contributed by atoms with Gasteiger partial charge in [-0.25, -0.2) is 13.8 Å². The Morgan fingerprint density at radius 1 is 1.25 bits per heavy atom. The van der Waals surface area contributed by atoms with E-state index < -0.39 is 11.6 Å². The summed E-state index contributed by atoms with van der Waals surface area (Å²) in [5.74, 6) is -1.31. The number of rotatable bonds is 2. The molecule has 0 fully saturated rings. The topological polar surface area (TPSA) is 30.0 Å². The summed E-state index contributed by atoms with van der Waals surface area (Å²) in [6.45, 7) is 1.74. The van der Waals surface area contributed by atoms with E-state index in [0.29, 0.717) is 22.6 Å². The third-order valence-electron chi connectivity index (χ3n) is 2.05. The Morgan fingerprint density at radius 3 is 2.38 bits per heavy atom. The van der Waals surface area contributed by atoms with Gasteiger partial charge in [-0.1, -0.05) is 0 Å². The zero-order valence-electron chi connectivity index (χ0n) is 8.33. The highest BCUT2D eigenvalue weighted by molar-refractivity contribution is 7.15. The maximum absolute atomic E-state index is 13.0. The van der Waals surface area contributed by atoms with Crippen LogP contribution in [0.1, 0.15) is 15.4 Å². The molecular weight excluding hydrogens is 232 g/mol. The summed E-state index contributed by atoms with van der Waals surface area (Å²) >= 11 is 1.23. The number of carbonyl (C=O) groups is 1. The highest BCUT2D eigenvalue weighted by Gasteiger charge is 2.10. The van der Waals surface area contributed by atoms with Crippen LogP contribution in [0.5, 0.6) is 0 Å². The van der Waals surface area contributed by atoms with Crippen molar-refractivity contribution in [2.75, 3.05) is 0 Å². The average molecular weight is 239 g/mol. The molecule has 0 spiro atoms. The van der Waals surface area contributed by atoms with Gasteiger partial charge in [0.25, 0.3) is 0 Å². The predicted octanol–water partition coefficient (Wildman–Crippen LogP) is 3.21. The van der Waals surface area contributed by atoms with Crippen molar-refractivity contribution >= 4 is 17.6 Å². The summed E-state index contributed by atoms with van der Waals surface area (Å²) in [6, 6.07) is 3.18. The van der Waals surface area contributed by atoms with Gasteiger partial charge in [0.05, 0.1) is 0 Å². The fourth-order valence-corrected chi connectivity index (χ4v) is 2.19. The largest absolute Gasteiger partial charge is 0.296 e. The first kappa shape index (κ1) is 10.9. The molecule has 1 heterocycles. The SMILES string of the molecule is Cc1sc(-c2cc(F)cc(F)c2)nc1C=O. The Morgan fingerprint density at radius 2 is 1.88 bits per heavy atom. The summed E-state index contributed by atoms with van der Waals surface area (Å²) in [5, 5.41) is 0.443. The summed E-state index contributed by atoms with van der Waals surface area (Å²) in [5.41, 5.74) is 0.656. The van der Waals surface area contributed by atoms with Crippen LogP contribution in [-0.4, -0.2) is 11.3 Å². The molecule has 0 N–H and O–H groups in total. The van der Waals surface area contributed by atoms with E-state index in [4.69, 9.17) is 0 Å². The van der Waals surface area contributed by atoms with Crippen LogP contribution in [0.4, 0.5) is 8.78 Å². The Hall–Kier alpha value is -1.62. The number of halogens is 2. The van der Waals surface area contributed by atoms with E-state index in [1.807, 2.05) is 0 Å². The molecule has 1 aromatic carbocycles. The molecular formula is C11H7F2NOS. The minimum absolute atomic E-state index is 0.310. The molecule has 0 bridgehead atoms. The number of aryl methyl sites for hydroxylation is 1. The first-order valence-electron chi connectivity index (χ1n) is 4.49. The van der Waals surface area contributed by atoms with Crippen molar-refractivity contribution in [2.45, 2.75) is 6.92 Å². The van der Waals surface area contributed by atoms with Gasteiger partial charge in [-0.3, -0.25) is 4.79 Å². The molecule has 0 atom stereocenters. The molecule has 0 saturated heterocycles. The summed E-state index contributed by atoms with van der Waals surface area (Å²) in [6.07, 6.45) is 0.630. The Kier molecular flexibility index (Phi) is 2.78. The Balaban J connectivity index is 2.53. The van der Waals surface area contributed by atoms with Crippen LogP contribution < -0.4 is 0 Å². The molecule has 16 heavy (non-hydrogen) atoms. The molecule has 2 rings (SSSR count). The smallest absolute Gasteiger partial charge is 0.169 e. The van der Waals surface area contributed by atoms with E-state index in [2.05, 4.69) is 4.98 Å². The Labute approximate surface area is 94.6 Å². The van der Waals surface area contributed by atoms with E-state index >= 15 is 0 Å². The zero-order valence-corrected chi connectivity index (χ0v) is 9.15. The van der Waals surface area contributed by atoms with Crippen LogP contribution >= 0.6 is 11.3 Å². The highest BCUT2D eigenvalue weighted by atomic mass is 32.1. The molecule has 2 aromatic rings. The molecule has 0 radical (unpaired) electrons. The number of nitrogens with zero attached hydrogens (tertiary/aromatic N) is 1. The van der Waals surface area contributed by atoms with Crippen molar-refractivity contribution in [3.8, 4) is 10.6 Å². The third-order valence-corrected chi connectivity index (χ3v) is 3.09. The number of hydrogen-bond acceptors (Lipinski definition) is 3. The van der Waals surface area contributed by atoms with Crippen molar-refractivity contribution in [2.24, 2.45) is 0 Å². The summed E-state index contributed by atoms with van der Waals surface area (Å²) in [4.78, 5) is 15.3. The lowest BCUT2D eigenvalue weighted by Gasteiger charge is -1.96. The highest BCUT2D eigenvalue weighted by Crippen LogP contribution is 2.27. The third kappa shape index (κ3) is 1.99. The second-order valence-electron chi connectivity index (χ2n) is 3.24. The van der Waals surface area contributed by atoms with E-state index in [0.717, 1.165) is 10.9 Å². The molecule has 0 aliphatic carbocycles. The molecule has 1 aromatic heterocycles. The lowest BCUT2D eigenvalue weighted by Crippen LogP contribution is -1.85. The number of thiazole rings is 1. The molecule has 5 heteroatoms. The van der Waals surface area contributed by atoms with Gasteiger partial charge in [0.1, 0.15) is 22.3 Å². The molecule has 0 aliphatic rings. The summed E-state index contributed by atoms with van der Waals surface area (Å²) in [7, 11) is 0. The fraction of sp³-hybridized carbons (Fsp3) is 0.0909. The second-order valence-corrected chi connectivity index (χ2v) is 4.44. The van der Waals surface area contributed by atoms with Gasteiger partial charge in [-0.15, -0.1) is 11.3 Å². The van der Waals surface area contributed by atoms with Crippen LogP contribution in [0.3, 0.4) is 0 Å². The quantitative estimate of drug-likeness (QED) is 0.753. The van der Waals surface area contributed by atoms with Crippen molar-refractivity contribution in [1.29, 1.82) is 0 Å². The van der Waals surface area contributed by atoms with Crippen molar-refractivity contribution in [1.82, 2.24) is 4.98 Å². The van der Waals surface area contributed by atoms with E-state index in [-0.39, 0.29) is 0 Å². The molecule has 0 saturated carbocycles. The number of benzene rings is 1. The van der Waals surface area contributed by atoms with Crippen LogP contribution in [0.15, 0.2) is 18.2 Å². The van der Waals surface area contributed by atoms with Crippen molar-refractivity contribution in [3.05, 3.63) is 40.4 Å². The number of aromatic nitrogens is 1. The maximum atomic E-state index is 13.0. The number of hydrogen-bond donors (Lipinski definition) is 0. The second kappa shape index (κ2) is 4.09. The molecule has 0 unspecified atom stereocenters. The van der Waals surface area contributed by atoms with Crippen LogP contribution in [-0.2, 0) is 0 Å². The van der Waals surface area contributed by atoms with E-state index in [1.165, 1.54) is 23.5 Å². The monoisotopic (exact) mass is 239 g/mol. The van der Waals surface area contributed by atoms with Gasteiger partial charge in [0, 0.05) is 16.5 Å². The lowest BCUT2D eigenvalue weighted by atomic mass is 10.2. The van der Waals surface area contributed by atoms with Gasteiger partial charge in [0.2, 0.25) is 0 Å². The zero-order chi connectivity index (χ0) is 11.7. The Bertz CT molecular complexity index is 531. The van der Waals surface area contributed by atoms with E-state index in [1.54, 1.807) is 6.92 Å². The summed E-state index contributed by atoms with van der Waals surface area (Å²) < 4.78 is 25.9. The van der Waals surface area contributed by atoms with Gasteiger partial charge in [-0.05, 0) is 19.1 Å². The normalized spacial score (nSPS) is 10.4. The van der Waals surface area contributed by atoms with Crippen molar-refractivity contribution in [3.63, 3.8) is 0 Å². The van der Waals surface area contributed by atoms with E-state index in [9.17, 15) is 13.6 Å². The van der Waals surface area contributed by atoms with Gasteiger partial charge >= 0.3 is 0 Å². The average Bonchev–Trinajstić information content (AvgIpc) is 2.58. The lowest BCUT2D eigenvalue weighted by molar-refractivity contribution is 0.111. The maximum Gasteiger partial charge on any atom is 0.169 e. The first-order chi connectivity index (χ1) is 7.60. The number of aldehydes is 1. The van der Waals surface area contributed by atoms with Crippen LogP contribution in [0.25, 0.3) is 10.6 Å².